The van der Waals surface area contributed by atoms with Crippen molar-refractivity contribution in [1.29, 1.82) is 0 Å². The van der Waals surface area contributed by atoms with E-state index in [1.54, 1.807) is 36.4 Å². The van der Waals surface area contributed by atoms with Gasteiger partial charge < -0.3 is 14.2 Å². The highest BCUT2D eigenvalue weighted by molar-refractivity contribution is 7.92. The molecule has 174 valence electrons. The summed E-state index contributed by atoms with van der Waals surface area (Å²) in [7, 11) is -7.56. The first-order valence-corrected chi connectivity index (χ1v) is 14.1. The van der Waals surface area contributed by atoms with E-state index in [1.165, 1.54) is 27.9 Å². The van der Waals surface area contributed by atoms with Crippen LogP contribution < -0.4 is 14.2 Å². The van der Waals surface area contributed by atoms with E-state index in [0.717, 1.165) is 11.3 Å². The molecule has 0 saturated carbocycles. The zero-order valence-electron chi connectivity index (χ0n) is 17.4. The summed E-state index contributed by atoms with van der Waals surface area (Å²) in [5.74, 6) is 1.95. The van der Waals surface area contributed by atoms with Crippen molar-refractivity contribution in [2.45, 2.75) is 32.9 Å². The van der Waals surface area contributed by atoms with Gasteiger partial charge in [-0.2, -0.15) is 4.31 Å². The van der Waals surface area contributed by atoms with Gasteiger partial charge in [0.1, 0.15) is 16.1 Å². The van der Waals surface area contributed by atoms with E-state index in [9.17, 15) is 16.8 Å². The number of fused-ring (bicyclic) bond motifs is 1. The summed E-state index contributed by atoms with van der Waals surface area (Å²) < 4.78 is 69.9. The molecule has 0 bridgehead atoms. The number of sulfonamides is 1. The number of sulfone groups is 1. The topological polar surface area (TPSA) is 99.2 Å². The minimum atomic E-state index is -3.79. The van der Waals surface area contributed by atoms with E-state index in [1.807, 2.05) is 0 Å². The Hall–Kier alpha value is -2.60. The van der Waals surface area contributed by atoms with Gasteiger partial charge in [-0.05, 0) is 43.2 Å². The first-order valence-electron chi connectivity index (χ1n) is 10.3. The second-order valence-corrected chi connectivity index (χ2v) is 12.7. The molecule has 0 unspecified atom stereocenters. The van der Waals surface area contributed by atoms with Gasteiger partial charge in [-0.15, -0.1) is 11.3 Å². The largest absolute Gasteiger partial charge is 0.490 e. The smallest absolute Gasteiger partial charge is 0.252 e. The summed E-state index contributed by atoms with van der Waals surface area (Å²) >= 11 is 0.921. The summed E-state index contributed by atoms with van der Waals surface area (Å²) in [5.41, 5.74) is 0. The van der Waals surface area contributed by atoms with Crippen molar-refractivity contribution in [2.24, 2.45) is 0 Å². The molecule has 8 nitrogen and oxygen atoms in total. The van der Waals surface area contributed by atoms with Crippen molar-refractivity contribution in [2.75, 3.05) is 19.9 Å². The predicted molar refractivity (Wildman–Crippen MR) is 121 cm³/mol. The predicted octanol–water partition coefficient (Wildman–Crippen LogP) is 3.54. The lowest BCUT2D eigenvalue weighted by Gasteiger charge is -2.31. The number of ether oxygens (including phenoxy) is 3. The van der Waals surface area contributed by atoms with Crippen LogP contribution in [0.3, 0.4) is 0 Å². The fourth-order valence-corrected chi connectivity index (χ4v) is 8.30. The van der Waals surface area contributed by atoms with Crippen LogP contribution in [-0.2, 0) is 19.9 Å². The standard InChI is InChI=1S/C22H21NO7S3/c24-32(25,18-4-2-1-3-5-18)19-13-22(31-14-19)33(26,27)23-10-8-16(9-11-23)30-17-6-7-20-21(12-17)29-15-28-20/h1-7,12-14,16H,8-11,15H2. The normalized spacial score (nSPS) is 17.2. The molecule has 1 saturated heterocycles. The number of rotatable bonds is 6. The molecule has 0 amide bonds. The molecule has 5 rings (SSSR count). The minimum Gasteiger partial charge on any atom is -0.490 e. The zero-order valence-corrected chi connectivity index (χ0v) is 19.9. The molecule has 3 heterocycles. The quantitative estimate of drug-likeness (QED) is 0.503. The van der Waals surface area contributed by atoms with E-state index in [-0.39, 0.29) is 40.0 Å². The van der Waals surface area contributed by atoms with Gasteiger partial charge in [0.2, 0.25) is 16.6 Å². The monoisotopic (exact) mass is 507 g/mol. The van der Waals surface area contributed by atoms with Crippen LogP contribution in [0.4, 0.5) is 0 Å². The average Bonchev–Trinajstić information content (AvgIpc) is 3.50. The van der Waals surface area contributed by atoms with Crippen LogP contribution in [0.1, 0.15) is 12.8 Å². The Bertz CT molecular complexity index is 1360. The third-order valence-electron chi connectivity index (χ3n) is 5.56. The maximum atomic E-state index is 13.1. The lowest BCUT2D eigenvalue weighted by atomic mass is 10.1. The Labute approximate surface area is 196 Å². The van der Waals surface area contributed by atoms with E-state index in [0.29, 0.717) is 30.1 Å². The van der Waals surface area contributed by atoms with Crippen LogP contribution in [0.2, 0.25) is 0 Å². The molecule has 0 atom stereocenters. The molecule has 0 radical (unpaired) electrons. The molecule has 2 aromatic carbocycles. The van der Waals surface area contributed by atoms with Crippen LogP contribution in [0.5, 0.6) is 17.2 Å². The first-order chi connectivity index (χ1) is 15.8. The van der Waals surface area contributed by atoms with Gasteiger partial charge in [-0.1, -0.05) is 18.2 Å². The van der Waals surface area contributed by atoms with Crippen LogP contribution >= 0.6 is 11.3 Å². The molecule has 33 heavy (non-hydrogen) atoms. The lowest BCUT2D eigenvalue weighted by molar-refractivity contribution is 0.134. The average molecular weight is 508 g/mol. The molecule has 0 N–H and O–H groups in total. The SMILES string of the molecule is O=S(=O)(c1ccccc1)c1csc(S(=O)(=O)N2CCC(Oc3ccc4c(c3)OCO4)CC2)c1. The Morgan fingerprint density at radius 2 is 1.61 bits per heavy atom. The number of nitrogens with zero attached hydrogens (tertiary/aromatic N) is 1. The lowest BCUT2D eigenvalue weighted by Crippen LogP contribution is -2.41. The third-order valence-corrected chi connectivity index (χ3v) is 10.8. The van der Waals surface area contributed by atoms with Gasteiger partial charge in [0.05, 0.1) is 9.79 Å². The summed E-state index contributed by atoms with van der Waals surface area (Å²) in [6, 6.07) is 14.6. The maximum absolute atomic E-state index is 13.1. The highest BCUT2D eigenvalue weighted by Gasteiger charge is 2.32. The molecule has 2 aliphatic rings. The van der Waals surface area contributed by atoms with Crippen LogP contribution in [-0.4, -0.2) is 47.1 Å². The summed E-state index contributed by atoms with van der Waals surface area (Å²) in [5, 5.41) is 1.38. The van der Waals surface area contributed by atoms with Gasteiger partial charge in [0.25, 0.3) is 10.0 Å². The Balaban J connectivity index is 1.25. The Kier molecular flexibility index (Phi) is 5.81. The van der Waals surface area contributed by atoms with Crippen molar-refractivity contribution in [3.63, 3.8) is 0 Å². The molecule has 11 heteroatoms. The minimum absolute atomic E-state index is 0.0155. The summed E-state index contributed by atoms with van der Waals surface area (Å²) in [6.07, 6.45) is 0.914. The molecular formula is C22H21NO7S3. The second-order valence-electron chi connectivity index (χ2n) is 7.65. The van der Waals surface area contributed by atoms with Crippen LogP contribution in [0.15, 0.2) is 74.0 Å². The van der Waals surface area contributed by atoms with Crippen molar-refractivity contribution >= 4 is 31.2 Å². The van der Waals surface area contributed by atoms with Crippen molar-refractivity contribution in [3.8, 4) is 17.2 Å². The number of thiophene rings is 1. The number of hydrogen-bond donors (Lipinski definition) is 0. The van der Waals surface area contributed by atoms with Gasteiger partial charge in [0, 0.05) is 24.5 Å². The summed E-state index contributed by atoms with van der Waals surface area (Å²) in [6.45, 7) is 0.762. The molecule has 1 fully saturated rings. The highest BCUT2D eigenvalue weighted by Crippen LogP contribution is 2.36. The molecule has 0 aliphatic carbocycles. The number of piperidine rings is 1. The van der Waals surface area contributed by atoms with Crippen molar-refractivity contribution in [3.05, 3.63) is 60.0 Å². The summed E-state index contributed by atoms with van der Waals surface area (Å²) in [4.78, 5) is 0.117. The van der Waals surface area contributed by atoms with Crippen molar-refractivity contribution < 1.29 is 31.0 Å². The third kappa shape index (κ3) is 4.33. The molecule has 2 aliphatic heterocycles. The molecule has 0 spiro atoms. The van der Waals surface area contributed by atoms with E-state index in [4.69, 9.17) is 14.2 Å². The fraction of sp³-hybridized carbons (Fsp3) is 0.273. The molecular weight excluding hydrogens is 486 g/mol. The Morgan fingerprint density at radius 3 is 2.36 bits per heavy atom. The number of hydrogen-bond acceptors (Lipinski definition) is 8. The van der Waals surface area contributed by atoms with Crippen LogP contribution in [0.25, 0.3) is 0 Å². The highest BCUT2D eigenvalue weighted by atomic mass is 32.2. The molecule has 3 aromatic rings. The second kappa shape index (κ2) is 8.64. The van der Waals surface area contributed by atoms with Crippen LogP contribution in [0, 0.1) is 0 Å². The van der Waals surface area contributed by atoms with Gasteiger partial charge in [0.15, 0.2) is 11.5 Å². The zero-order chi connectivity index (χ0) is 23.1. The maximum Gasteiger partial charge on any atom is 0.252 e. The van der Waals surface area contributed by atoms with Gasteiger partial charge in [-0.25, -0.2) is 16.8 Å². The van der Waals surface area contributed by atoms with Gasteiger partial charge in [-0.3, -0.25) is 0 Å². The van der Waals surface area contributed by atoms with Gasteiger partial charge >= 0.3 is 0 Å². The Morgan fingerprint density at radius 1 is 0.879 bits per heavy atom. The number of benzene rings is 2. The van der Waals surface area contributed by atoms with Crippen molar-refractivity contribution in [1.82, 2.24) is 4.31 Å². The first kappa shape index (κ1) is 22.2. The van der Waals surface area contributed by atoms with E-state index < -0.39 is 19.9 Å². The fourth-order valence-electron chi connectivity index (χ4n) is 3.77. The molecule has 1 aromatic heterocycles. The van der Waals surface area contributed by atoms with E-state index in [2.05, 4.69) is 0 Å². The van der Waals surface area contributed by atoms with E-state index >= 15 is 0 Å².